The average Bonchev–Trinajstić information content (AvgIpc) is 2.91. The fourth-order valence-corrected chi connectivity index (χ4v) is 4.25. The number of terminal acetylenes is 1. The van der Waals surface area contributed by atoms with Crippen LogP contribution < -0.4 is 5.32 Å². The molecule has 2 atom stereocenters. The molecule has 2 rings (SSSR count). The molecule has 2 saturated heterocycles. The smallest absolute Gasteiger partial charge is 0.229 e. The molecule has 0 saturated carbocycles. The van der Waals surface area contributed by atoms with Gasteiger partial charge in [-0.1, -0.05) is 5.92 Å². The Kier molecular flexibility index (Phi) is 3.80. The molecular formula is C12H16N2O4S. The Morgan fingerprint density at radius 1 is 1.53 bits per heavy atom. The van der Waals surface area contributed by atoms with Gasteiger partial charge in [0.2, 0.25) is 11.8 Å². The van der Waals surface area contributed by atoms with Crippen LogP contribution >= 0.6 is 0 Å². The Hall–Kier alpha value is -1.55. The van der Waals surface area contributed by atoms with Crippen LogP contribution in [-0.4, -0.2) is 55.8 Å². The molecule has 2 amide bonds. The summed E-state index contributed by atoms with van der Waals surface area (Å²) in [5, 5.41) is 2.60. The van der Waals surface area contributed by atoms with Crippen molar-refractivity contribution in [1.29, 1.82) is 0 Å². The molecule has 0 aromatic carbocycles. The summed E-state index contributed by atoms with van der Waals surface area (Å²) in [5.41, 5.74) is 0. The second-order valence-electron chi connectivity index (χ2n) is 4.93. The molecule has 0 spiro atoms. The van der Waals surface area contributed by atoms with E-state index < -0.39 is 15.8 Å². The lowest BCUT2D eigenvalue weighted by atomic mass is 10.1. The van der Waals surface area contributed by atoms with E-state index in [0.717, 1.165) is 0 Å². The molecule has 2 aliphatic heterocycles. The van der Waals surface area contributed by atoms with Crippen molar-refractivity contribution in [3.8, 4) is 12.3 Å². The van der Waals surface area contributed by atoms with E-state index in [1.807, 2.05) is 0 Å². The number of amides is 2. The summed E-state index contributed by atoms with van der Waals surface area (Å²) >= 11 is 0. The van der Waals surface area contributed by atoms with Crippen molar-refractivity contribution >= 4 is 21.7 Å². The highest BCUT2D eigenvalue weighted by atomic mass is 32.2. The van der Waals surface area contributed by atoms with Gasteiger partial charge in [0.1, 0.15) is 0 Å². The van der Waals surface area contributed by atoms with Gasteiger partial charge in [-0.15, -0.1) is 6.42 Å². The molecule has 0 aromatic heterocycles. The van der Waals surface area contributed by atoms with Gasteiger partial charge in [-0.3, -0.25) is 9.59 Å². The molecule has 2 fully saturated rings. The number of nitrogens with one attached hydrogen (secondary N) is 1. The number of hydrogen-bond acceptors (Lipinski definition) is 4. The van der Waals surface area contributed by atoms with Crippen LogP contribution in [0.25, 0.3) is 0 Å². The van der Waals surface area contributed by atoms with Gasteiger partial charge in [-0.05, 0) is 6.42 Å². The third-order valence-corrected chi connectivity index (χ3v) is 5.27. The fourth-order valence-electron chi connectivity index (χ4n) is 2.52. The summed E-state index contributed by atoms with van der Waals surface area (Å²) in [6.07, 6.45) is 5.83. The van der Waals surface area contributed by atoms with Crippen molar-refractivity contribution in [2.24, 2.45) is 5.92 Å². The van der Waals surface area contributed by atoms with Crippen LogP contribution in [0.1, 0.15) is 12.8 Å². The first kappa shape index (κ1) is 13.9. The summed E-state index contributed by atoms with van der Waals surface area (Å²) in [7, 11) is -3.07. The van der Waals surface area contributed by atoms with Gasteiger partial charge >= 0.3 is 0 Å². The van der Waals surface area contributed by atoms with E-state index in [2.05, 4.69) is 11.2 Å². The third kappa shape index (κ3) is 3.07. The summed E-state index contributed by atoms with van der Waals surface area (Å²) in [6, 6.07) is -0.357. The van der Waals surface area contributed by atoms with Crippen LogP contribution in [0.15, 0.2) is 0 Å². The standard InChI is InChI=1S/C12H16N2O4S/c1-2-4-14(10-3-5-19(17,18)8-10)12(16)9-6-11(15)13-7-9/h1,9-10H,3-8H2,(H,13,15). The van der Waals surface area contributed by atoms with Gasteiger partial charge < -0.3 is 10.2 Å². The van der Waals surface area contributed by atoms with Crippen LogP contribution in [0.3, 0.4) is 0 Å². The molecule has 1 N–H and O–H groups in total. The quantitative estimate of drug-likeness (QED) is 0.658. The number of carbonyl (C=O) groups excluding carboxylic acids is 2. The van der Waals surface area contributed by atoms with Gasteiger partial charge in [-0.2, -0.15) is 0 Å². The fraction of sp³-hybridized carbons (Fsp3) is 0.667. The highest BCUT2D eigenvalue weighted by Crippen LogP contribution is 2.21. The van der Waals surface area contributed by atoms with E-state index in [4.69, 9.17) is 6.42 Å². The molecule has 2 unspecified atom stereocenters. The van der Waals surface area contributed by atoms with Crippen molar-refractivity contribution in [3.05, 3.63) is 0 Å². The van der Waals surface area contributed by atoms with E-state index in [1.165, 1.54) is 4.90 Å². The monoisotopic (exact) mass is 284 g/mol. The molecule has 0 aliphatic carbocycles. The maximum Gasteiger partial charge on any atom is 0.229 e. The first-order valence-corrected chi connectivity index (χ1v) is 7.96. The number of rotatable bonds is 3. The normalized spacial score (nSPS) is 28.7. The molecule has 0 radical (unpaired) electrons. The second kappa shape index (κ2) is 5.21. The Bertz CT molecular complexity index is 534. The molecule has 104 valence electrons. The first-order chi connectivity index (χ1) is 8.93. The summed E-state index contributed by atoms with van der Waals surface area (Å²) < 4.78 is 23.0. The molecule has 7 heteroatoms. The summed E-state index contributed by atoms with van der Waals surface area (Å²) in [6.45, 7) is 0.391. The minimum Gasteiger partial charge on any atom is -0.355 e. The van der Waals surface area contributed by atoms with Crippen LogP contribution in [-0.2, 0) is 19.4 Å². The van der Waals surface area contributed by atoms with E-state index in [1.54, 1.807) is 0 Å². The van der Waals surface area contributed by atoms with E-state index in [-0.39, 0.29) is 42.3 Å². The predicted octanol–water partition coefficient (Wildman–Crippen LogP) is -1.23. The third-order valence-electron chi connectivity index (χ3n) is 3.52. The zero-order chi connectivity index (χ0) is 14.0. The predicted molar refractivity (Wildman–Crippen MR) is 68.7 cm³/mol. The van der Waals surface area contributed by atoms with Gasteiger partial charge in [0.25, 0.3) is 0 Å². The van der Waals surface area contributed by atoms with Crippen molar-refractivity contribution in [2.75, 3.05) is 24.6 Å². The Morgan fingerprint density at radius 3 is 2.74 bits per heavy atom. The summed E-state index contributed by atoms with van der Waals surface area (Å²) in [4.78, 5) is 24.9. The van der Waals surface area contributed by atoms with E-state index in [0.29, 0.717) is 13.0 Å². The van der Waals surface area contributed by atoms with E-state index >= 15 is 0 Å². The lowest BCUT2D eigenvalue weighted by Crippen LogP contribution is -2.45. The zero-order valence-electron chi connectivity index (χ0n) is 10.5. The molecule has 19 heavy (non-hydrogen) atoms. The van der Waals surface area contributed by atoms with Crippen LogP contribution in [0.2, 0.25) is 0 Å². The topological polar surface area (TPSA) is 83.6 Å². The Labute approximate surface area is 112 Å². The van der Waals surface area contributed by atoms with Crippen molar-refractivity contribution < 1.29 is 18.0 Å². The first-order valence-electron chi connectivity index (χ1n) is 6.14. The largest absolute Gasteiger partial charge is 0.355 e. The lowest BCUT2D eigenvalue weighted by Gasteiger charge is -2.28. The number of hydrogen-bond donors (Lipinski definition) is 1. The second-order valence-corrected chi connectivity index (χ2v) is 7.16. The zero-order valence-corrected chi connectivity index (χ0v) is 11.3. The maximum atomic E-state index is 12.3. The van der Waals surface area contributed by atoms with E-state index in [9.17, 15) is 18.0 Å². The van der Waals surface area contributed by atoms with Crippen LogP contribution in [0, 0.1) is 18.3 Å². The average molecular weight is 284 g/mol. The van der Waals surface area contributed by atoms with Crippen LogP contribution in [0.5, 0.6) is 0 Å². The van der Waals surface area contributed by atoms with Crippen molar-refractivity contribution in [1.82, 2.24) is 10.2 Å². The minimum absolute atomic E-state index is 0.0332. The Morgan fingerprint density at radius 2 is 2.26 bits per heavy atom. The molecule has 0 bridgehead atoms. The van der Waals surface area contributed by atoms with Crippen LogP contribution in [0.4, 0.5) is 0 Å². The minimum atomic E-state index is -3.07. The molecule has 2 aliphatic rings. The van der Waals surface area contributed by atoms with Crippen molar-refractivity contribution in [2.45, 2.75) is 18.9 Å². The molecule has 6 nitrogen and oxygen atoms in total. The molecule has 2 heterocycles. The Balaban J connectivity index is 2.10. The molecule has 0 aromatic rings. The maximum absolute atomic E-state index is 12.3. The SMILES string of the molecule is C#CCN(C(=O)C1CNC(=O)C1)C1CCS(=O)(=O)C1. The molecular weight excluding hydrogens is 268 g/mol. The van der Waals surface area contributed by atoms with Crippen molar-refractivity contribution in [3.63, 3.8) is 0 Å². The summed E-state index contributed by atoms with van der Waals surface area (Å²) in [5.74, 6) is 1.65. The lowest BCUT2D eigenvalue weighted by molar-refractivity contribution is -0.136. The highest BCUT2D eigenvalue weighted by molar-refractivity contribution is 7.91. The van der Waals surface area contributed by atoms with Gasteiger partial charge in [0.15, 0.2) is 9.84 Å². The highest BCUT2D eigenvalue weighted by Gasteiger charge is 2.38. The van der Waals surface area contributed by atoms with Gasteiger partial charge in [0.05, 0.1) is 24.0 Å². The van der Waals surface area contributed by atoms with Gasteiger partial charge in [0, 0.05) is 19.0 Å². The van der Waals surface area contributed by atoms with Gasteiger partial charge in [-0.25, -0.2) is 8.42 Å². The number of sulfone groups is 1. The number of nitrogens with zero attached hydrogens (tertiary/aromatic N) is 1. The number of carbonyl (C=O) groups is 2.